The molecule has 0 atom stereocenters. The van der Waals surface area contributed by atoms with Crippen molar-refractivity contribution in [3.05, 3.63) is 60.8 Å². The van der Waals surface area contributed by atoms with Crippen LogP contribution >= 0.6 is 0 Å². The van der Waals surface area contributed by atoms with Gasteiger partial charge in [0.1, 0.15) is 5.52 Å². The molecule has 1 aromatic heterocycles. The Kier molecular flexibility index (Phi) is 2.11. The molecule has 3 rings (SSSR count). The molecule has 16 heavy (non-hydrogen) atoms. The van der Waals surface area contributed by atoms with Crippen molar-refractivity contribution in [1.29, 1.82) is 0 Å². The summed E-state index contributed by atoms with van der Waals surface area (Å²) < 4.78 is 0. The molecule has 0 aliphatic carbocycles. The molecular formula is C14H10N2. The summed E-state index contributed by atoms with van der Waals surface area (Å²) in [4.78, 5) is 0. The highest BCUT2D eigenvalue weighted by Crippen LogP contribution is 2.25. The van der Waals surface area contributed by atoms with Gasteiger partial charge in [-0.1, -0.05) is 48.5 Å². The second-order valence-corrected chi connectivity index (χ2v) is 3.64. The Morgan fingerprint density at radius 2 is 1.62 bits per heavy atom. The minimum Gasteiger partial charge on any atom is -0.158 e. The summed E-state index contributed by atoms with van der Waals surface area (Å²) in [7, 11) is 0. The molecule has 0 unspecified atom stereocenters. The number of fused-ring (bicyclic) bond motifs is 1. The molecule has 0 aliphatic heterocycles. The topological polar surface area (TPSA) is 25.8 Å². The number of aromatic nitrogens is 2. The van der Waals surface area contributed by atoms with Gasteiger partial charge in [-0.25, -0.2) is 0 Å². The first kappa shape index (κ1) is 9.04. The maximum Gasteiger partial charge on any atom is 0.101 e. The van der Waals surface area contributed by atoms with Crippen LogP contribution in [0.15, 0.2) is 60.8 Å². The van der Waals surface area contributed by atoms with Gasteiger partial charge in [0.25, 0.3) is 0 Å². The SMILES string of the molecule is c1ccc(-c2cccc3ccnnc23)cc1. The van der Waals surface area contributed by atoms with Crippen molar-refractivity contribution < 1.29 is 0 Å². The van der Waals surface area contributed by atoms with Gasteiger partial charge in [0.2, 0.25) is 0 Å². The van der Waals surface area contributed by atoms with E-state index in [4.69, 9.17) is 0 Å². The second-order valence-electron chi connectivity index (χ2n) is 3.64. The zero-order chi connectivity index (χ0) is 10.8. The molecule has 0 saturated carbocycles. The monoisotopic (exact) mass is 206 g/mol. The van der Waals surface area contributed by atoms with Gasteiger partial charge in [-0.3, -0.25) is 0 Å². The summed E-state index contributed by atoms with van der Waals surface area (Å²) in [6.07, 6.45) is 1.72. The summed E-state index contributed by atoms with van der Waals surface area (Å²) in [5, 5.41) is 9.28. The fourth-order valence-corrected chi connectivity index (χ4v) is 1.86. The maximum absolute atomic E-state index is 4.21. The Bertz CT molecular complexity index is 612. The van der Waals surface area contributed by atoms with Crippen molar-refractivity contribution in [1.82, 2.24) is 10.2 Å². The van der Waals surface area contributed by atoms with E-state index in [0.717, 1.165) is 16.5 Å². The lowest BCUT2D eigenvalue weighted by molar-refractivity contribution is 1.08. The first-order valence-electron chi connectivity index (χ1n) is 5.21. The van der Waals surface area contributed by atoms with Gasteiger partial charge < -0.3 is 0 Å². The van der Waals surface area contributed by atoms with E-state index in [1.165, 1.54) is 5.56 Å². The van der Waals surface area contributed by atoms with Crippen LogP contribution in [0.3, 0.4) is 0 Å². The number of hydrogen-bond acceptors (Lipinski definition) is 2. The van der Waals surface area contributed by atoms with Crippen LogP contribution in [0.25, 0.3) is 22.0 Å². The van der Waals surface area contributed by atoms with Crippen molar-refractivity contribution in [3.63, 3.8) is 0 Å². The lowest BCUT2D eigenvalue weighted by atomic mass is 10.0. The van der Waals surface area contributed by atoms with Gasteiger partial charge in [0.05, 0.1) is 6.20 Å². The minimum absolute atomic E-state index is 0.955. The van der Waals surface area contributed by atoms with E-state index in [9.17, 15) is 0 Å². The van der Waals surface area contributed by atoms with Crippen LogP contribution in [0.5, 0.6) is 0 Å². The first-order chi connectivity index (χ1) is 7.95. The fourth-order valence-electron chi connectivity index (χ4n) is 1.86. The highest BCUT2D eigenvalue weighted by Gasteiger charge is 2.03. The van der Waals surface area contributed by atoms with E-state index in [-0.39, 0.29) is 0 Å². The summed E-state index contributed by atoms with van der Waals surface area (Å²) in [5.74, 6) is 0. The van der Waals surface area contributed by atoms with E-state index in [1.807, 2.05) is 30.3 Å². The third-order valence-corrected chi connectivity index (χ3v) is 2.63. The third kappa shape index (κ3) is 1.44. The molecule has 0 spiro atoms. The predicted octanol–water partition coefficient (Wildman–Crippen LogP) is 3.30. The molecule has 0 aliphatic rings. The average Bonchev–Trinajstić information content (AvgIpc) is 2.39. The Balaban J connectivity index is 2.32. The predicted molar refractivity (Wildman–Crippen MR) is 65.0 cm³/mol. The van der Waals surface area contributed by atoms with Crippen LogP contribution in [0.1, 0.15) is 0 Å². The molecule has 0 saturated heterocycles. The molecular weight excluding hydrogens is 196 g/mol. The van der Waals surface area contributed by atoms with Crippen LogP contribution in [0.4, 0.5) is 0 Å². The van der Waals surface area contributed by atoms with Gasteiger partial charge in [-0.05, 0) is 11.6 Å². The number of rotatable bonds is 1. The minimum atomic E-state index is 0.955. The smallest absolute Gasteiger partial charge is 0.101 e. The number of hydrogen-bond donors (Lipinski definition) is 0. The number of nitrogens with zero attached hydrogens (tertiary/aromatic N) is 2. The van der Waals surface area contributed by atoms with E-state index < -0.39 is 0 Å². The van der Waals surface area contributed by atoms with E-state index >= 15 is 0 Å². The zero-order valence-corrected chi connectivity index (χ0v) is 8.67. The summed E-state index contributed by atoms with van der Waals surface area (Å²) >= 11 is 0. The van der Waals surface area contributed by atoms with Gasteiger partial charge in [-0.15, -0.1) is 5.10 Å². The van der Waals surface area contributed by atoms with Crippen LogP contribution in [-0.2, 0) is 0 Å². The Labute approximate surface area is 93.6 Å². The molecule has 0 amide bonds. The quantitative estimate of drug-likeness (QED) is 0.610. The lowest BCUT2D eigenvalue weighted by Crippen LogP contribution is -1.86. The molecule has 2 aromatic carbocycles. The number of benzene rings is 2. The molecule has 1 heterocycles. The average molecular weight is 206 g/mol. The highest BCUT2D eigenvalue weighted by atomic mass is 15.1. The van der Waals surface area contributed by atoms with Crippen molar-refractivity contribution >= 4 is 10.9 Å². The van der Waals surface area contributed by atoms with Crippen LogP contribution in [0, 0.1) is 0 Å². The second kappa shape index (κ2) is 3.74. The molecule has 0 bridgehead atoms. The molecule has 3 aromatic rings. The van der Waals surface area contributed by atoms with Gasteiger partial charge in [0, 0.05) is 10.9 Å². The van der Waals surface area contributed by atoms with Crippen molar-refractivity contribution in [3.8, 4) is 11.1 Å². The normalized spacial score (nSPS) is 10.5. The molecule has 0 fully saturated rings. The van der Waals surface area contributed by atoms with Crippen LogP contribution < -0.4 is 0 Å². The Hall–Kier alpha value is -2.22. The largest absolute Gasteiger partial charge is 0.158 e. The lowest BCUT2D eigenvalue weighted by Gasteiger charge is -2.04. The molecule has 2 nitrogen and oxygen atoms in total. The van der Waals surface area contributed by atoms with Crippen LogP contribution in [0.2, 0.25) is 0 Å². The maximum atomic E-state index is 4.21. The van der Waals surface area contributed by atoms with E-state index in [0.29, 0.717) is 0 Å². The molecule has 76 valence electrons. The summed E-state index contributed by atoms with van der Waals surface area (Å²) in [5.41, 5.74) is 3.26. The van der Waals surface area contributed by atoms with E-state index in [2.05, 4.69) is 34.5 Å². The van der Waals surface area contributed by atoms with E-state index in [1.54, 1.807) is 6.20 Å². The Morgan fingerprint density at radius 1 is 0.750 bits per heavy atom. The Morgan fingerprint density at radius 3 is 2.50 bits per heavy atom. The molecule has 2 heteroatoms. The fraction of sp³-hybridized carbons (Fsp3) is 0. The van der Waals surface area contributed by atoms with Gasteiger partial charge in [-0.2, -0.15) is 5.10 Å². The molecule has 0 N–H and O–H groups in total. The molecule has 0 radical (unpaired) electrons. The highest BCUT2D eigenvalue weighted by molar-refractivity contribution is 5.92. The standard InChI is InChI=1S/C14H10N2/c1-2-5-11(6-3-1)13-8-4-7-12-9-10-15-16-14(12)13/h1-10H. The van der Waals surface area contributed by atoms with Crippen LogP contribution in [-0.4, -0.2) is 10.2 Å². The third-order valence-electron chi connectivity index (χ3n) is 2.63. The van der Waals surface area contributed by atoms with Crippen molar-refractivity contribution in [2.24, 2.45) is 0 Å². The summed E-state index contributed by atoms with van der Waals surface area (Å²) in [6, 6.07) is 18.4. The summed E-state index contributed by atoms with van der Waals surface area (Å²) in [6.45, 7) is 0. The van der Waals surface area contributed by atoms with Crippen molar-refractivity contribution in [2.45, 2.75) is 0 Å². The van der Waals surface area contributed by atoms with Gasteiger partial charge in [0.15, 0.2) is 0 Å². The van der Waals surface area contributed by atoms with Gasteiger partial charge >= 0.3 is 0 Å². The van der Waals surface area contributed by atoms with Crippen molar-refractivity contribution in [2.75, 3.05) is 0 Å². The zero-order valence-electron chi connectivity index (χ0n) is 8.67. The first-order valence-corrected chi connectivity index (χ1v) is 5.21.